The van der Waals surface area contributed by atoms with E-state index >= 15 is 0 Å². The number of hydrogen-bond donors (Lipinski definition) is 0. The summed E-state index contributed by atoms with van der Waals surface area (Å²) < 4.78 is 0. The fraction of sp³-hybridized carbons (Fsp3) is 0.500. The molecule has 7 heteroatoms. The molecule has 0 atom stereocenters. The van der Waals surface area contributed by atoms with E-state index in [1.165, 1.54) is 11.9 Å². The zero-order valence-corrected chi connectivity index (χ0v) is 17.2. The summed E-state index contributed by atoms with van der Waals surface area (Å²) in [5, 5.41) is 0. The number of anilines is 1. The molecule has 0 bridgehead atoms. The van der Waals surface area contributed by atoms with Gasteiger partial charge in [-0.25, -0.2) is 9.97 Å². The summed E-state index contributed by atoms with van der Waals surface area (Å²) in [5.41, 5.74) is 1.82. The molecule has 0 N–H and O–H groups in total. The van der Waals surface area contributed by atoms with Gasteiger partial charge in [0, 0.05) is 65.0 Å². The average Bonchev–Trinajstić information content (AvgIpc) is 2.80. The van der Waals surface area contributed by atoms with Gasteiger partial charge in [-0.1, -0.05) is 37.3 Å². The molecule has 7 nitrogen and oxygen atoms in total. The molecular weight excluding hydrogens is 364 g/mol. The van der Waals surface area contributed by atoms with Crippen LogP contribution < -0.4 is 4.90 Å². The second kappa shape index (κ2) is 9.33. The van der Waals surface area contributed by atoms with Gasteiger partial charge in [0.05, 0.1) is 0 Å². The fourth-order valence-corrected chi connectivity index (χ4v) is 4.04. The Kier molecular flexibility index (Phi) is 6.36. The van der Waals surface area contributed by atoms with Crippen LogP contribution in [0, 0.1) is 0 Å². The number of carbonyl (C=O) groups excluding carboxylic acids is 1. The van der Waals surface area contributed by atoms with Crippen molar-refractivity contribution in [1.82, 2.24) is 24.7 Å². The first-order valence-electron chi connectivity index (χ1n) is 10.6. The van der Waals surface area contributed by atoms with Crippen molar-refractivity contribution in [2.45, 2.75) is 13.5 Å². The number of rotatable bonds is 5. The third kappa shape index (κ3) is 4.92. The Hall–Kier alpha value is -2.51. The summed E-state index contributed by atoms with van der Waals surface area (Å²) in [4.78, 5) is 30.7. The van der Waals surface area contributed by atoms with Gasteiger partial charge in [0.2, 0.25) is 0 Å². The van der Waals surface area contributed by atoms with E-state index in [0.29, 0.717) is 5.69 Å². The molecule has 2 aliphatic rings. The summed E-state index contributed by atoms with van der Waals surface area (Å²) in [6.07, 6.45) is 1.53. The van der Waals surface area contributed by atoms with Gasteiger partial charge in [0.15, 0.2) is 0 Å². The fourth-order valence-electron chi connectivity index (χ4n) is 4.04. The minimum absolute atomic E-state index is 0.0141. The summed E-state index contributed by atoms with van der Waals surface area (Å²) in [5.74, 6) is 0.877. The SMILES string of the molecule is CCN1CCN(c2cc(C(=O)N3CCN(Cc4ccccc4)CC3)ncn2)CC1. The Balaban J connectivity index is 1.33. The smallest absolute Gasteiger partial charge is 0.272 e. The van der Waals surface area contributed by atoms with E-state index in [0.717, 1.165) is 71.3 Å². The molecule has 0 unspecified atom stereocenters. The van der Waals surface area contributed by atoms with Crippen molar-refractivity contribution in [2.75, 3.05) is 63.8 Å². The predicted molar refractivity (Wildman–Crippen MR) is 114 cm³/mol. The Morgan fingerprint density at radius 1 is 0.897 bits per heavy atom. The van der Waals surface area contributed by atoms with Crippen molar-refractivity contribution < 1.29 is 4.79 Å². The van der Waals surface area contributed by atoms with Crippen molar-refractivity contribution in [3.8, 4) is 0 Å². The first-order chi connectivity index (χ1) is 14.2. The second-order valence-corrected chi connectivity index (χ2v) is 7.74. The van der Waals surface area contributed by atoms with Crippen LogP contribution in [-0.2, 0) is 6.54 Å². The lowest BCUT2D eigenvalue weighted by atomic mass is 10.2. The maximum atomic E-state index is 13.0. The highest BCUT2D eigenvalue weighted by molar-refractivity contribution is 5.93. The standard InChI is InChI=1S/C22H30N6O/c1-2-25-8-12-27(13-9-25)21-16-20(23-18-24-21)22(29)28-14-10-26(11-15-28)17-19-6-4-3-5-7-19/h3-7,16,18H,2,8-15,17H2,1H3. The van der Waals surface area contributed by atoms with Crippen LogP contribution >= 0.6 is 0 Å². The summed E-state index contributed by atoms with van der Waals surface area (Å²) >= 11 is 0. The van der Waals surface area contributed by atoms with Crippen LogP contribution in [0.1, 0.15) is 23.0 Å². The lowest BCUT2D eigenvalue weighted by Crippen LogP contribution is -2.48. The van der Waals surface area contributed by atoms with Crippen LogP contribution in [0.4, 0.5) is 5.82 Å². The number of hydrogen-bond acceptors (Lipinski definition) is 6. The maximum Gasteiger partial charge on any atom is 0.272 e. The molecular formula is C22H30N6O. The first kappa shape index (κ1) is 19.8. The van der Waals surface area contributed by atoms with Gasteiger partial charge in [-0.2, -0.15) is 0 Å². The largest absolute Gasteiger partial charge is 0.354 e. The van der Waals surface area contributed by atoms with Crippen molar-refractivity contribution >= 4 is 11.7 Å². The van der Waals surface area contributed by atoms with Gasteiger partial charge in [-0.05, 0) is 12.1 Å². The Morgan fingerprint density at radius 3 is 2.28 bits per heavy atom. The van der Waals surface area contributed by atoms with E-state index in [1.807, 2.05) is 17.0 Å². The molecule has 1 aromatic heterocycles. The molecule has 2 saturated heterocycles. The minimum Gasteiger partial charge on any atom is -0.354 e. The Bertz CT molecular complexity index is 798. The van der Waals surface area contributed by atoms with Crippen LogP contribution in [0.2, 0.25) is 0 Å². The van der Waals surface area contributed by atoms with Gasteiger partial charge in [-0.15, -0.1) is 0 Å². The number of carbonyl (C=O) groups is 1. The first-order valence-corrected chi connectivity index (χ1v) is 10.6. The van der Waals surface area contributed by atoms with Gasteiger partial charge < -0.3 is 14.7 Å². The van der Waals surface area contributed by atoms with Crippen molar-refractivity contribution in [3.63, 3.8) is 0 Å². The van der Waals surface area contributed by atoms with Crippen LogP contribution in [0.25, 0.3) is 0 Å². The molecule has 0 saturated carbocycles. The van der Waals surface area contributed by atoms with E-state index in [4.69, 9.17) is 0 Å². The molecule has 154 valence electrons. The van der Waals surface area contributed by atoms with Crippen molar-refractivity contribution in [1.29, 1.82) is 0 Å². The third-order valence-corrected chi connectivity index (χ3v) is 5.92. The maximum absolute atomic E-state index is 13.0. The van der Waals surface area contributed by atoms with E-state index in [2.05, 4.69) is 55.9 Å². The minimum atomic E-state index is 0.0141. The lowest BCUT2D eigenvalue weighted by molar-refractivity contribution is 0.0622. The van der Waals surface area contributed by atoms with E-state index in [-0.39, 0.29) is 5.91 Å². The monoisotopic (exact) mass is 394 g/mol. The van der Waals surface area contributed by atoms with E-state index in [1.54, 1.807) is 0 Å². The van der Waals surface area contributed by atoms with Crippen LogP contribution in [-0.4, -0.2) is 89.5 Å². The number of likely N-dealkylation sites (N-methyl/N-ethyl adjacent to an activating group) is 1. The molecule has 2 fully saturated rings. The quantitative estimate of drug-likeness (QED) is 0.768. The summed E-state index contributed by atoms with van der Waals surface area (Å²) in [7, 11) is 0. The highest BCUT2D eigenvalue weighted by atomic mass is 16.2. The number of nitrogens with zero attached hydrogens (tertiary/aromatic N) is 6. The molecule has 0 aliphatic carbocycles. The average molecular weight is 395 g/mol. The summed E-state index contributed by atoms with van der Waals surface area (Å²) in [6, 6.07) is 12.4. The van der Waals surface area contributed by atoms with Gasteiger partial charge in [-0.3, -0.25) is 9.69 Å². The van der Waals surface area contributed by atoms with Crippen LogP contribution in [0.3, 0.4) is 0 Å². The number of piperazine rings is 2. The Morgan fingerprint density at radius 2 is 1.59 bits per heavy atom. The summed E-state index contributed by atoms with van der Waals surface area (Å²) in [6.45, 7) is 11.4. The Labute approximate surface area is 172 Å². The molecule has 2 aromatic rings. The molecule has 3 heterocycles. The molecule has 4 rings (SSSR count). The third-order valence-electron chi connectivity index (χ3n) is 5.92. The molecule has 0 radical (unpaired) electrons. The zero-order valence-electron chi connectivity index (χ0n) is 17.2. The highest BCUT2D eigenvalue weighted by Gasteiger charge is 2.24. The number of benzene rings is 1. The topological polar surface area (TPSA) is 55.8 Å². The van der Waals surface area contributed by atoms with Crippen molar-refractivity contribution in [3.05, 3.63) is 54.0 Å². The van der Waals surface area contributed by atoms with Gasteiger partial charge in [0.1, 0.15) is 17.8 Å². The number of amides is 1. The van der Waals surface area contributed by atoms with Gasteiger partial charge in [0.25, 0.3) is 5.91 Å². The predicted octanol–water partition coefficient (Wildman–Crippen LogP) is 1.58. The zero-order chi connectivity index (χ0) is 20.1. The molecule has 0 spiro atoms. The molecule has 1 aromatic carbocycles. The molecule has 1 amide bonds. The molecule has 29 heavy (non-hydrogen) atoms. The van der Waals surface area contributed by atoms with Crippen LogP contribution in [0.5, 0.6) is 0 Å². The van der Waals surface area contributed by atoms with Crippen LogP contribution in [0.15, 0.2) is 42.7 Å². The second-order valence-electron chi connectivity index (χ2n) is 7.74. The number of aromatic nitrogens is 2. The lowest BCUT2D eigenvalue weighted by Gasteiger charge is -2.35. The van der Waals surface area contributed by atoms with Crippen molar-refractivity contribution in [2.24, 2.45) is 0 Å². The van der Waals surface area contributed by atoms with E-state index in [9.17, 15) is 4.79 Å². The normalized spacial score (nSPS) is 18.8. The molecule has 2 aliphatic heterocycles. The van der Waals surface area contributed by atoms with Gasteiger partial charge >= 0.3 is 0 Å². The van der Waals surface area contributed by atoms with E-state index < -0.39 is 0 Å². The highest BCUT2D eigenvalue weighted by Crippen LogP contribution is 2.16.